The molecule has 3 rings (SSSR count). The molecule has 1 heterocycles. The minimum atomic E-state index is -0.482. The number of rotatable bonds is 5. The number of furan rings is 1. The molecule has 2 aromatic rings. The number of hydrogen-bond donors (Lipinski definition) is 1. The van der Waals surface area contributed by atoms with Gasteiger partial charge in [-0.25, -0.2) is 4.39 Å². The van der Waals surface area contributed by atoms with Crippen LogP contribution in [0.25, 0.3) is 11.0 Å². The highest BCUT2D eigenvalue weighted by atomic mass is 35.5. The molecule has 5 heteroatoms. The van der Waals surface area contributed by atoms with Crippen molar-refractivity contribution in [1.82, 2.24) is 0 Å². The van der Waals surface area contributed by atoms with Gasteiger partial charge in [-0.15, -0.1) is 12.4 Å². The zero-order valence-corrected chi connectivity index (χ0v) is 11.8. The fourth-order valence-electron chi connectivity index (χ4n) is 2.57. The van der Waals surface area contributed by atoms with Crippen LogP contribution < -0.4 is 10.5 Å². The number of nitrogens with two attached hydrogens (primary N) is 1. The van der Waals surface area contributed by atoms with Crippen LogP contribution >= 0.6 is 12.4 Å². The van der Waals surface area contributed by atoms with E-state index in [2.05, 4.69) is 6.58 Å². The molecule has 2 N–H and O–H groups in total. The summed E-state index contributed by atoms with van der Waals surface area (Å²) in [5.74, 6) is 1.09. The van der Waals surface area contributed by atoms with Crippen LogP contribution in [0.1, 0.15) is 17.9 Å². The van der Waals surface area contributed by atoms with Crippen LogP contribution in [-0.2, 0) is 0 Å². The highest BCUT2D eigenvalue weighted by molar-refractivity contribution is 5.85. The molecule has 1 aromatic carbocycles. The van der Waals surface area contributed by atoms with Crippen molar-refractivity contribution in [2.24, 2.45) is 11.7 Å². The fraction of sp³-hybridized carbons (Fsp3) is 0.333. The summed E-state index contributed by atoms with van der Waals surface area (Å²) in [6, 6.07) is 5.60. The van der Waals surface area contributed by atoms with E-state index in [4.69, 9.17) is 14.9 Å². The molecule has 20 heavy (non-hydrogen) atoms. The van der Waals surface area contributed by atoms with Crippen LogP contribution in [0.15, 0.2) is 41.3 Å². The smallest absolute Gasteiger partial charge is 0.139 e. The SMILES string of the molecule is C=C(F)COc1ccc2occc2c1[C@H]1C[C@@H]1CN.Cl. The Morgan fingerprint density at radius 2 is 2.25 bits per heavy atom. The minimum Gasteiger partial charge on any atom is -0.486 e. The second kappa shape index (κ2) is 5.85. The third-order valence-corrected chi connectivity index (χ3v) is 3.62. The van der Waals surface area contributed by atoms with Gasteiger partial charge in [-0.2, -0.15) is 0 Å². The van der Waals surface area contributed by atoms with Crippen LogP contribution in [0, 0.1) is 5.92 Å². The summed E-state index contributed by atoms with van der Waals surface area (Å²) in [4.78, 5) is 0. The number of fused-ring (bicyclic) bond motifs is 1. The molecule has 1 saturated carbocycles. The summed E-state index contributed by atoms with van der Waals surface area (Å²) in [5, 5.41) is 1.03. The first-order valence-corrected chi connectivity index (χ1v) is 6.37. The van der Waals surface area contributed by atoms with E-state index in [1.807, 2.05) is 18.2 Å². The third kappa shape index (κ3) is 2.67. The Morgan fingerprint density at radius 3 is 2.90 bits per heavy atom. The van der Waals surface area contributed by atoms with Crippen molar-refractivity contribution in [2.45, 2.75) is 12.3 Å². The molecule has 0 spiro atoms. The summed E-state index contributed by atoms with van der Waals surface area (Å²) in [6.45, 7) is 3.76. The van der Waals surface area contributed by atoms with Crippen LogP contribution in [0.3, 0.4) is 0 Å². The Labute approximate surface area is 123 Å². The van der Waals surface area contributed by atoms with E-state index in [1.54, 1.807) is 6.26 Å². The standard InChI is InChI=1S/C15H16FNO2.ClH/c1-9(16)8-19-14-3-2-13-11(4-5-18-13)15(14)12-6-10(12)7-17;/h2-5,10,12H,1,6-8,17H2;1H/t10-,12+;/m1./s1. The number of halogens is 2. The van der Waals surface area contributed by atoms with Crippen LogP contribution in [0.2, 0.25) is 0 Å². The fourth-order valence-corrected chi connectivity index (χ4v) is 2.57. The minimum absolute atomic E-state index is 0. The monoisotopic (exact) mass is 297 g/mol. The van der Waals surface area contributed by atoms with E-state index >= 15 is 0 Å². The van der Waals surface area contributed by atoms with Crippen molar-refractivity contribution in [3.8, 4) is 5.75 Å². The van der Waals surface area contributed by atoms with Crippen molar-refractivity contribution in [3.05, 3.63) is 42.4 Å². The van der Waals surface area contributed by atoms with Gasteiger partial charge in [-0.05, 0) is 43.0 Å². The quantitative estimate of drug-likeness (QED) is 0.913. The molecule has 0 radical (unpaired) electrons. The van der Waals surface area contributed by atoms with Crippen molar-refractivity contribution < 1.29 is 13.5 Å². The summed E-state index contributed by atoms with van der Waals surface area (Å²) in [5.41, 5.74) is 7.62. The molecule has 1 aromatic heterocycles. The average Bonchev–Trinajstić information content (AvgIpc) is 3.02. The Hall–Kier alpha value is -1.52. The zero-order chi connectivity index (χ0) is 13.4. The normalized spacial score (nSPS) is 20.5. The van der Waals surface area contributed by atoms with Crippen molar-refractivity contribution in [2.75, 3.05) is 13.2 Å². The zero-order valence-electron chi connectivity index (χ0n) is 11.0. The van der Waals surface area contributed by atoms with E-state index in [-0.39, 0.29) is 19.0 Å². The van der Waals surface area contributed by atoms with Gasteiger partial charge in [0, 0.05) is 10.9 Å². The van der Waals surface area contributed by atoms with Crippen LogP contribution in [0.4, 0.5) is 4.39 Å². The van der Waals surface area contributed by atoms with Crippen molar-refractivity contribution in [1.29, 1.82) is 0 Å². The Bertz CT molecular complexity index is 625. The first-order chi connectivity index (χ1) is 9.20. The van der Waals surface area contributed by atoms with Gasteiger partial charge in [0.25, 0.3) is 0 Å². The molecule has 0 unspecified atom stereocenters. The lowest BCUT2D eigenvalue weighted by atomic mass is 10.0. The van der Waals surface area contributed by atoms with Gasteiger partial charge in [0.1, 0.15) is 23.8 Å². The van der Waals surface area contributed by atoms with Crippen molar-refractivity contribution >= 4 is 23.4 Å². The maximum absolute atomic E-state index is 12.8. The highest BCUT2D eigenvalue weighted by Gasteiger charge is 2.40. The lowest BCUT2D eigenvalue weighted by Crippen LogP contribution is -2.04. The lowest BCUT2D eigenvalue weighted by molar-refractivity contribution is 0.317. The first kappa shape index (κ1) is 14.9. The molecule has 0 saturated heterocycles. The predicted molar refractivity (Wildman–Crippen MR) is 79.1 cm³/mol. The topological polar surface area (TPSA) is 48.4 Å². The molecule has 1 aliphatic carbocycles. The van der Waals surface area contributed by atoms with Gasteiger partial charge in [-0.1, -0.05) is 6.58 Å². The highest BCUT2D eigenvalue weighted by Crippen LogP contribution is 2.52. The number of ether oxygens (including phenoxy) is 1. The molecule has 108 valence electrons. The molecular formula is C15H17ClFNO2. The lowest BCUT2D eigenvalue weighted by Gasteiger charge is -2.11. The molecular weight excluding hydrogens is 281 g/mol. The maximum Gasteiger partial charge on any atom is 0.139 e. The summed E-state index contributed by atoms with van der Waals surface area (Å²) >= 11 is 0. The van der Waals surface area contributed by atoms with Gasteiger partial charge in [0.15, 0.2) is 0 Å². The van der Waals surface area contributed by atoms with E-state index in [0.29, 0.717) is 24.1 Å². The summed E-state index contributed by atoms with van der Waals surface area (Å²) in [7, 11) is 0. The second-order valence-electron chi connectivity index (χ2n) is 4.95. The first-order valence-electron chi connectivity index (χ1n) is 6.37. The second-order valence-corrected chi connectivity index (χ2v) is 4.95. The Morgan fingerprint density at radius 1 is 1.45 bits per heavy atom. The average molecular weight is 298 g/mol. The molecule has 0 amide bonds. The van der Waals surface area contributed by atoms with Crippen molar-refractivity contribution in [3.63, 3.8) is 0 Å². The molecule has 0 bridgehead atoms. The van der Waals surface area contributed by atoms with Gasteiger partial charge >= 0.3 is 0 Å². The van der Waals surface area contributed by atoms with Crippen LogP contribution in [0.5, 0.6) is 5.75 Å². The van der Waals surface area contributed by atoms with E-state index in [0.717, 1.165) is 23.0 Å². The van der Waals surface area contributed by atoms with Gasteiger partial charge < -0.3 is 14.9 Å². The predicted octanol–water partition coefficient (Wildman–Crippen LogP) is 3.78. The number of hydrogen-bond acceptors (Lipinski definition) is 3. The van der Waals surface area contributed by atoms with Gasteiger partial charge in [0.05, 0.1) is 6.26 Å². The molecule has 2 atom stereocenters. The van der Waals surface area contributed by atoms with Gasteiger partial charge in [-0.3, -0.25) is 0 Å². The largest absolute Gasteiger partial charge is 0.486 e. The van der Waals surface area contributed by atoms with E-state index in [1.165, 1.54) is 0 Å². The Balaban J connectivity index is 0.00000147. The summed E-state index contributed by atoms with van der Waals surface area (Å²) < 4.78 is 23.7. The third-order valence-electron chi connectivity index (χ3n) is 3.62. The molecule has 0 aliphatic heterocycles. The summed E-state index contributed by atoms with van der Waals surface area (Å²) in [6.07, 6.45) is 2.71. The maximum atomic E-state index is 12.8. The Kier molecular flexibility index (Phi) is 4.35. The molecule has 3 nitrogen and oxygen atoms in total. The number of benzene rings is 1. The van der Waals surface area contributed by atoms with Crippen LogP contribution in [-0.4, -0.2) is 13.2 Å². The van der Waals surface area contributed by atoms with E-state index < -0.39 is 5.83 Å². The molecule has 1 aliphatic rings. The van der Waals surface area contributed by atoms with Gasteiger partial charge in [0.2, 0.25) is 0 Å². The van der Waals surface area contributed by atoms with E-state index in [9.17, 15) is 4.39 Å². The molecule has 1 fully saturated rings.